The standard InChI is InChI=1S/C22H26FN5OS/c1-13-6-7-18-16(8-13)22(28-21(29)26-18,27-19-12-24-11-17(19)23)15-9-14-4-2-3-5-20(14)30-25-10-15/h2-8,15,17,19,24-25,27H,9-12H2,1H3,(H2,26,28,29)/t15?,17-,19-,22?/m0/s1. The van der Waals surface area contributed by atoms with Crippen molar-refractivity contribution in [3.05, 3.63) is 59.2 Å². The van der Waals surface area contributed by atoms with Crippen molar-refractivity contribution in [1.29, 1.82) is 0 Å². The summed E-state index contributed by atoms with van der Waals surface area (Å²) >= 11 is 1.61. The van der Waals surface area contributed by atoms with Gasteiger partial charge in [-0.3, -0.25) is 10.0 Å². The zero-order valence-electron chi connectivity index (χ0n) is 16.8. The van der Waals surface area contributed by atoms with E-state index in [1.54, 1.807) is 11.9 Å². The van der Waals surface area contributed by atoms with E-state index in [-0.39, 0.29) is 18.0 Å². The summed E-state index contributed by atoms with van der Waals surface area (Å²) in [6, 6.07) is 13.8. The molecule has 2 unspecified atom stereocenters. The molecule has 158 valence electrons. The lowest BCUT2D eigenvalue weighted by Gasteiger charge is -2.43. The molecule has 0 aromatic heterocycles. The quantitative estimate of drug-likeness (QED) is 0.485. The molecule has 3 heterocycles. The Labute approximate surface area is 179 Å². The molecule has 6 nitrogen and oxygen atoms in total. The van der Waals surface area contributed by atoms with Crippen LogP contribution >= 0.6 is 11.9 Å². The topological polar surface area (TPSA) is 80.7 Å². The van der Waals surface area contributed by atoms with Gasteiger partial charge in [0.05, 0.1) is 6.04 Å². The van der Waals surface area contributed by atoms with Crippen LogP contribution in [0.4, 0.5) is 10.1 Å². The predicted molar refractivity (Wildman–Crippen MR) is 119 cm³/mol. The number of aryl methyl sites for hydroxylation is 1. The van der Waals surface area contributed by atoms with E-state index in [2.05, 4.69) is 38.9 Å². The van der Waals surface area contributed by atoms with Crippen molar-refractivity contribution in [2.75, 3.05) is 25.0 Å². The Balaban J connectivity index is 1.64. The number of aliphatic imine (C=N–C) groups is 1. The van der Waals surface area contributed by atoms with Crippen LogP contribution in [0.3, 0.4) is 0 Å². The molecular formula is C22H26FN5OS. The molecule has 1 fully saturated rings. The van der Waals surface area contributed by atoms with Gasteiger partial charge < -0.3 is 15.7 Å². The predicted octanol–water partition coefficient (Wildman–Crippen LogP) is 2.86. The minimum Gasteiger partial charge on any atom is -0.481 e. The van der Waals surface area contributed by atoms with E-state index in [4.69, 9.17) is 4.99 Å². The molecule has 5 N–H and O–H groups in total. The van der Waals surface area contributed by atoms with Crippen LogP contribution in [0.2, 0.25) is 0 Å². The lowest BCUT2D eigenvalue weighted by atomic mass is 9.79. The van der Waals surface area contributed by atoms with Gasteiger partial charge in [0.2, 0.25) is 0 Å². The molecule has 0 aliphatic carbocycles. The van der Waals surface area contributed by atoms with Crippen LogP contribution in [0.15, 0.2) is 52.4 Å². The Hall–Kier alpha value is -2.13. The van der Waals surface area contributed by atoms with E-state index in [0.29, 0.717) is 19.6 Å². The van der Waals surface area contributed by atoms with E-state index in [0.717, 1.165) is 23.2 Å². The number of anilines is 1. The van der Waals surface area contributed by atoms with Crippen molar-refractivity contribution >= 4 is 23.7 Å². The van der Waals surface area contributed by atoms with Gasteiger partial charge in [-0.2, -0.15) is 0 Å². The summed E-state index contributed by atoms with van der Waals surface area (Å²) in [6.07, 6.45) is -0.257. The Bertz CT molecular complexity index is 986. The highest BCUT2D eigenvalue weighted by molar-refractivity contribution is 7.97. The normalized spacial score (nSPS) is 30.6. The van der Waals surface area contributed by atoms with Crippen molar-refractivity contribution < 1.29 is 9.50 Å². The second-order valence-electron chi connectivity index (χ2n) is 8.26. The van der Waals surface area contributed by atoms with Crippen LogP contribution < -0.4 is 20.7 Å². The summed E-state index contributed by atoms with van der Waals surface area (Å²) in [4.78, 5) is 5.93. The summed E-state index contributed by atoms with van der Waals surface area (Å²) in [5, 5.41) is 20.2. The number of benzene rings is 2. The number of nitrogens with one attached hydrogen (secondary N) is 4. The zero-order valence-corrected chi connectivity index (χ0v) is 17.6. The lowest BCUT2D eigenvalue weighted by Crippen LogP contribution is -2.58. The second-order valence-corrected chi connectivity index (χ2v) is 9.19. The number of hydrogen-bond acceptors (Lipinski definition) is 6. The molecule has 2 aromatic carbocycles. The van der Waals surface area contributed by atoms with Gasteiger partial charge >= 0.3 is 0 Å². The fraction of sp³-hybridized carbons (Fsp3) is 0.409. The molecule has 0 radical (unpaired) electrons. The SMILES string of the molecule is Cc1ccc2c(c1)C(N[C@H]1CNC[C@@H]1F)(C1CNSc3ccccc3C1)N=C(O)N2. The van der Waals surface area contributed by atoms with Crippen LogP contribution in [0.1, 0.15) is 16.7 Å². The van der Waals surface area contributed by atoms with Gasteiger partial charge in [-0.05, 0) is 43.0 Å². The van der Waals surface area contributed by atoms with Crippen molar-refractivity contribution in [3.63, 3.8) is 0 Å². The van der Waals surface area contributed by atoms with Gasteiger partial charge in [-0.25, -0.2) is 9.38 Å². The average molecular weight is 428 g/mol. The molecule has 5 rings (SSSR count). The summed E-state index contributed by atoms with van der Waals surface area (Å²) < 4.78 is 18.1. The van der Waals surface area contributed by atoms with Crippen molar-refractivity contribution in [1.82, 2.24) is 15.4 Å². The molecule has 0 amide bonds. The van der Waals surface area contributed by atoms with Crippen LogP contribution in [0.25, 0.3) is 0 Å². The number of fused-ring (bicyclic) bond motifs is 2. The smallest absolute Gasteiger partial charge is 0.288 e. The molecule has 0 saturated carbocycles. The first-order valence-electron chi connectivity index (χ1n) is 10.3. The monoisotopic (exact) mass is 427 g/mol. The Morgan fingerprint density at radius 2 is 2.07 bits per heavy atom. The summed E-state index contributed by atoms with van der Waals surface area (Å²) in [5.41, 5.74) is 3.10. The van der Waals surface area contributed by atoms with E-state index >= 15 is 0 Å². The minimum absolute atomic E-state index is 0.0359. The van der Waals surface area contributed by atoms with E-state index < -0.39 is 11.8 Å². The number of amidine groups is 1. The van der Waals surface area contributed by atoms with E-state index in [9.17, 15) is 9.50 Å². The fourth-order valence-electron chi connectivity index (χ4n) is 4.69. The maximum Gasteiger partial charge on any atom is 0.288 e. The molecule has 1 saturated heterocycles. The van der Waals surface area contributed by atoms with Crippen LogP contribution in [0, 0.1) is 12.8 Å². The average Bonchev–Trinajstić information content (AvgIpc) is 3.00. The third kappa shape index (κ3) is 3.47. The molecule has 30 heavy (non-hydrogen) atoms. The number of nitrogens with zero attached hydrogens (tertiary/aromatic N) is 1. The molecular weight excluding hydrogens is 401 g/mol. The summed E-state index contributed by atoms with van der Waals surface area (Å²) in [5.74, 6) is -0.0359. The maximum absolute atomic E-state index is 14.7. The van der Waals surface area contributed by atoms with Gasteiger partial charge in [-0.1, -0.05) is 35.9 Å². The van der Waals surface area contributed by atoms with Crippen molar-refractivity contribution in [2.24, 2.45) is 10.9 Å². The number of alkyl halides is 1. The Morgan fingerprint density at radius 1 is 1.20 bits per heavy atom. The highest BCUT2D eigenvalue weighted by Crippen LogP contribution is 2.43. The molecule has 3 aliphatic heterocycles. The number of rotatable bonds is 3. The van der Waals surface area contributed by atoms with Crippen LogP contribution in [-0.4, -0.2) is 43.0 Å². The summed E-state index contributed by atoms with van der Waals surface area (Å²) in [7, 11) is 0. The third-order valence-corrected chi connectivity index (χ3v) is 7.13. The molecule has 2 aromatic rings. The van der Waals surface area contributed by atoms with Crippen molar-refractivity contribution in [3.8, 4) is 0 Å². The van der Waals surface area contributed by atoms with Gasteiger partial charge in [0, 0.05) is 41.7 Å². The second kappa shape index (κ2) is 7.85. The van der Waals surface area contributed by atoms with Crippen LogP contribution in [-0.2, 0) is 12.1 Å². The minimum atomic E-state index is -1.01. The first-order chi connectivity index (χ1) is 14.5. The Morgan fingerprint density at radius 3 is 2.90 bits per heavy atom. The highest BCUT2D eigenvalue weighted by atomic mass is 32.2. The first-order valence-corrected chi connectivity index (χ1v) is 11.1. The number of aliphatic hydroxyl groups is 1. The molecule has 4 atom stereocenters. The fourth-order valence-corrected chi connectivity index (χ4v) is 5.56. The Kier molecular flexibility index (Phi) is 5.18. The molecule has 3 aliphatic rings. The number of aliphatic hydroxyl groups excluding tert-OH is 1. The van der Waals surface area contributed by atoms with E-state index in [1.165, 1.54) is 10.5 Å². The van der Waals surface area contributed by atoms with Gasteiger partial charge in [-0.15, -0.1) is 0 Å². The largest absolute Gasteiger partial charge is 0.481 e. The summed E-state index contributed by atoms with van der Waals surface area (Å²) in [6.45, 7) is 3.55. The van der Waals surface area contributed by atoms with Crippen molar-refractivity contribution in [2.45, 2.75) is 36.1 Å². The lowest BCUT2D eigenvalue weighted by molar-refractivity contribution is 0.163. The first kappa shape index (κ1) is 19.8. The van der Waals surface area contributed by atoms with Crippen LogP contribution in [0.5, 0.6) is 0 Å². The van der Waals surface area contributed by atoms with Gasteiger partial charge in [0.15, 0.2) is 0 Å². The molecule has 0 spiro atoms. The number of hydrogen-bond donors (Lipinski definition) is 5. The van der Waals surface area contributed by atoms with E-state index in [1.807, 2.05) is 31.2 Å². The molecule has 8 heteroatoms. The highest BCUT2D eigenvalue weighted by Gasteiger charge is 2.48. The van der Waals surface area contributed by atoms with Gasteiger partial charge in [0.25, 0.3) is 6.02 Å². The van der Waals surface area contributed by atoms with Gasteiger partial charge in [0.1, 0.15) is 11.8 Å². The maximum atomic E-state index is 14.7. The zero-order chi connectivity index (χ0) is 20.7. The number of halogens is 1. The third-order valence-electron chi connectivity index (χ3n) is 6.20. The molecule has 0 bridgehead atoms.